The van der Waals surface area contributed by atoms with Gasteiger partial charge >= 0.3 is 6.09 Å². The van der Waals surface area contributed by atoms with Crippen LogP contribution in [0.1, 0.15) is 26.5 Å². The Morgan fingerprint density at radius 1 is 1.50 bits per heavy atom. The third-order valence-electron chi connectivity index (χ3n) is 1.63. The molecule has 1 amide bonds. The Morgan fingerprint density at radius 3 is 2.69 bits per heavy atom. The van der Waals surface area contributed by atoms with E-state index >= 15 is 0 Å². The van der Waals surface area contributed by atoms with Crippen LogP contribution in [0.3, 0.4) is 0 Å². The molecule has 0 aromatic carbocycles. The minimum atomic E-state index is -0.529. The third-order valence-corrected chi connectivity index (χ3v) is 1.93. The highest BCUT2D eigenvalue weighted by Crippen LogP contribution is 2.21. The molecular formula is C11H15ClN2O2. The second-order valence-corrected chi connectivity index (χ2v) is 4.84. The molecule has 0 aliphatic rings. The van der Waals surface area contributed by atoms with Gasteiger partial charge in [-0.2, -0.15) is 0 Å². The molecule has 0 spiro atoms. The molecule has 0 saturated carbocycles. The van der Waals surface area contributed by atoms with Gasteiger partial charge in [-0.25, -0.2) is 4.79 Å². The first-order valence-electron chi connectivity index (χ1n) is 4.90. The molecule has 0 aliphatic carbocycles. The standard InChI is InChI=1S/C11H15ClN2O2/c1-7-5-9(8(12)6-13-7)14-10(15)16-11(2,3)4/h5-6H,1-4H3,(H,13,14,15). The van der Waals surface area contributed by atoms with E-state index in [1.54, 1.807) is 26.8 Å². The van der Waals surface area contributed by atoms with Gasteiger partial charge < -0.3 is 4.74 Å². The maximum atomic E-state index is 11.5. The monoisotopic (exact) mass is 242 g/mol. The zero-order valence-corrected chi connectivity index (χ0v) is 10.6. The molecule has 1 N–H and O–H groups in total. The number of anilines is 1. The Bertz CT molecular complexity index is 399. The lowest BCUT2D eigenvalue weighted by Gasteiger charge is -2.19. The summed E-state index contributed by atoms with van der Waals surface area (Å²) in [6.07, 6.45) is 0.962. The summed E-state index contributed by atoms with van der Waals surface area (Å²) >= 11 is 5.88. The number of carbonyl (C=O) groups excluding carboxylic acids is 1. The Morgan fingerprint density at radius 2 is 2.12 bits per heavy atom. The zero-order valence-electron chi connectivity index (χ0n) is 9.80. The topological polar surface area (TPSA) is 51.2 Å². The Kier molecular flexibility index (Phi) is 3.75. The number of ether oxygens (including phenoxy) is 1. The molecule has 0 fully saturated rings. The summed E-state index contributed by atoms with van der Waals surface area (Å²) in [6, 6.07) is 1.69. The number of aryl methyl sites for hydroxylation is 1. The molecule has 1 aromatic heterocycles. The molecule has 16 heavy (non-hydrogen) atoms. The molecule has 0 unspecified atom stereocenters. The molecule has 0 atom stereocenters. The van der Waals surface area contributed by atoms with Crippen molar-refractivity contribution in [2.45, 2.75) is 33.3 Å². The van der Waals surface area contributed by atoms with Crippen LogP contribution < -0.4 is 5.32 Å². The Hall–Kier alpha value is -1.29. The van der Waals surface area contributed by atoms with E-state index in [4.69, 9.17) is 16.3 Å². The molecule has 0 aliphatic heterocycles. The summed E-state index contributed by atoms with van der Waals surface area (Å²) in [5, 5.41) is 2.96. The van der Waals surface area contributed by atoms with Gasteiger partial charge in [0.2, 0.25) is 0 Å². The van der Waals surface area contributed by atoms with Crippen LogP contribution in [0.15, 0.2) is 12.3 Å². The normalized spacial score (nSPS) is 11.1. The van der Waals surface area contributed by atoms with Crippen LogP contribution in [0.25, 0.3) is 0 Å². The lowest BCUT2D eigenvalue weighted by molar-refractivity contribution is 0.0636. The number of rotatable bonds is 1. The molecule has 0 saturated heterocycles. The summed E-state index contributed by atoms with van der Waals surface area (Å²) in [5.41, 5.74) is 0.748. The van der Waals surface area contributed by atoms with Gasteiger partial charge in [-0.3, -0.25) is 10.3 Å². The van der Waals surface area contributed by atoms with E-state index in [0.29, 0.717) is 10.7 Å². The van der Waals surface area contributed by atoms with Crippen molar-refractivity contribution >= 4 is 23.4 Å². The van der Waals surface area contributed by atoms with Crippen LogP contribution in [0, 0.1) is 6.92 Å². The smallest absolute Gasteiger partial charge is 0.412 e. The second-order valence-electron chi connectivity index (χ2n) is 4.43. The van der Waals surface area contributed by atoms with Gasteiger partial charge in [0.1, 0.15) is 5.60 Å². The van der Waals surface area contributed by atoms with E-state index in [1.807, 2.05) is 6.92 Å². The summed E-state index contributed by atoms with van der Waals surface area (Å²) < 4.78 is 5.11. The van der Waals surface area contributed by atoms with Crippen molar-refractivity contribution < 1.29 is 9.53 Å². The first kappa shape index (κ1) is 12.8. The van der Waals surface area contributed by atoms with Crippen LogP contribution in [0.5, 0.6) is 0 Å². The molecule has 88 valence electrons. The first-order valence-corrected chi connectivity index (χ1v) is 5.28. The number of pyridine rings is 1. The minimum absolute atomic E-state index is 0.386. The Labute approximate surface area is 100.0 Å². The number of hydrogen-bond acceptors (Lipinski definition) is 3. The second kappa shape index (κ2) is 4.70. The van der Waals surface area contributed by atoms with E-state index in [-0.39, 0.29) is 0 Å². The SMILES string of the molecule is Cc1cc(NC(=O)OC(C)(C)C)c(Cl)cn1. The maximum absolute atomic E-state index is 11.5. The summed E-state index contributed by atoms with van der Waals surface area (Å²) in [5.74, 6) is 0. The summed E-state index contributed by atoms with van der Waals surface area (Å²) in [4.78, 5) is 15.5. The molecule has 1 heterocycles. The van der Waals surface area contributed by atoms with Gasteiger partial charge in [0.15, 0.2) is 0 Å². The van der Waals surface area contributed by atoms with Gasteiger partial charge in [-0.1, -0.05) is 11.6 Å². The third kappa shape index (κ3) is 4.06. The van der Waals surface area contributed by atoms with Crippen molar-refractivity contribution in [3.8, 4) is 0 Å². The largest absolute Gasteiger partial charge is 0.444 e. The van der Waals surface area contributed by atoms with Gasteiger partial charge in [-0.15, -0.1) is 0 Å². The average Bonchev–Trinajstić information content (AvgIpc) is 2.08. The van der Waals surface area contributed by atoms with Crippen LogP contribution >= 0.6 is 11.6 Å². The van der Waals surface area contributed by atoms with Crippen molar-refractivity contribution in [3.05, 3.63) is 23.0 Å². The van der Waals surface area contributed by atoms with Crippen LogP contribution in [-0.2, 0) is 4.74 Å². The van der Waals surface area contributed by atoms with E-state index in [1.165, 1.54) is 6.20 Å². The highest BCUT2D eigenvalue weighted by molar-refractivity contribution is 6.33. The number of halogens is 1. The fourth-order valence-corrected chi connectivity index (χ4v) is 1.20. The van der Waals surface area contributed by atoms with Gasteiger partial charge in [0.25, 0.3) is 0 Å². The number of nitrogens with one attached hydrogen (secondary N) is 1. The number of carbonyl (C=O) groups is 1. The quantitative estimate of drug-likeness (QED) is 0.821. The number of amides is 1. The summed E-state index contributed by atoms with van der Waals surface area (Å²) in [6.45, 7) is 7.21. The maximum Gasteiger partial charge on any atom is 0.412 e. The van der Waals surface area contributed by atoms with Crippen molar-refractivity contribution in [2.24, 2.45) is 0 Å². The fourth-order valence-electron chi connectivity index (χ4n) is 1.05. The first-order chi connectivity index (χ1) is 7.28. The van der Waals surface area contributed by atoms with Gasteiger partial charge in [-0.05, 0) is 33.8 Å². The highest BCUT2D eigenvalue weighted by Gasteiger charge is 2.17. The van der Waals surface area contributed by atoms with E-state index in [2.05, 4.69) is 10.3 Å². The fraction of sp³-hybridized carbons (Fsp3) is 0.455. The van der Waals surface area contributed by atoms with E-state index in [0.717, 1.165) is 5.69 Å². The highest BCUT2D eigenvalue weighted by atomic mass is 35.5. The molecule has 0 bridgehead atoms. The van der Waals surface area contributed by atoms with Crippen LogP contribution in [0.4, 0.5) is 10.5 Å². The van der Waals surface area contributed by atoms with Gasteiger partial charge in [0.05, 0.1) is 10.7 Å². The Balaban J connectivity index is 2.73. The van der Waals surface area contributed by atoms with Crippen LogP contribution in [0.2, 0.25) is 5.02 Å². The molecule has 5 heteroatoms. The lowest BCUT2D eigenvalue weighted by Crippen LogP contribution is -2.27. The number of aromatic nitrogens is 1. The molecular weight excluding hydrogens is 228 g/mol. The minimum Gasteiger partial charge on any atom is -0.444 e. The van der Waals surface area contributed by atoms with Crippen molar-refractivity contribution in [3.63, 3.8) is 0 Å². The predicted molar refractivity (Wildman–Crippen MR) is 63.8 cm³/mol. The predicted octanol–water partition coefficient (Wildman–Crippen LogP) is 3.39. The van der Waals surface area contributed by atoms with Gasteiger partial charge in [0, 0.05) is 11.9 Å². The van der Waals surface area contributed by atoms with Crippen molar-refractivity contribution in [1.29, 1.82) is 0 Å². The summed E-state index contributed by atoms with van der Waals surface area (Å²) in [7, 11) is 0. The molecule has 4 nitrogen and oxygen atoms in total. The lowest BCUT2D eigenvalue weighted by atomic mass is 10.2. The molecule has 0 radical (unpaired) electrons. The zero-order chi connectivity index (χ0) is 12.3. The number of nitrogens with zero attached hydrogens (tertiary/aromatic N) is 1. The average molecular weight is 243 g/mol. The molecule has 1 aromatic rings. The van der Waals surface area contributed by atoms with Crippen LogP contribution in [-0.4, -0.2) is 16.7 Å². The number of hydrogen-bond donors (Lipinski definition) is 1. The van der Waals surface area contributed by atoms with E-state index in [9.17, 15) is 4.79 Å². The van der Waals surface area contributed by atoms with Crippen molar-refractivity contribution in [2.75, 3.05) is 5.32 Å². The van der Waals surface area contributed by atoms with Crippen molar-refractivity contribution in [1.82, 2.24) is 4.98 Å². The van der Waals surface area contributed by atoms with E-state index < -0.39 is 11.7 Å². The molecule has 1 rings (SSSR count).